The number of nitrogens with one attached hydrogen (secondary N) is 1. The number of aromatic hydroxyl groups is 1. The largest absolute Gasteiger partial charge is 0.503 e. The molecule has 0 saturated carbocycles. The lowest BCUT2D eigenvalue weighted by atomic mass is 9.83. The summed E-state index contributed by atoms with van der Waals surface area (Å²) >= 11 is 5.07. The zero-order valence-electron chi connectivity index (χ0n) is 16.5. The van der Waals surface area contributed by atoms with Crippen LogP contribution in [0.4, 0.5) is 0 Å². The minimum absolute atomic E-state index is 0.0000583. The molecule has 1 aliphatic heterocycles. The molecule has 1 aliphatic rings. The number of benzene rings is 1. The summed E-state index contributed by atoms with van der Waals surface area (Å²) in [6.07, 6.45) is 0. The number of aromatic nitrogens is 2. The molecular weight excluding hydrogens is 468 g/mol. The Kier molecular flexibility index (Phi) is 5.22. The molecule has 4 N–H and O–H groups in total. The Bertz CT molecular complexity index is 1220. The van der Waals surface area contributed by atoms with E-state index in [1.165, 1.54) is 4.88 Å². The summed E-state index contributed by atoms with van der Waals surface area (Å²) in [5.74, 6) is 0.118. The summed E-state index contributed by atoms with van der Waals surface area (Å²) in [5.41, 5.74) is 9.57. The number of aromatic amines is 1. The van der Waals surface area contributed by atoms with Crippen LogP contribution in [0, 0.1) is 25.2 Å². The van der Waals surface area contributed by atoms with Gasteiger partial charge in [0.15, 0.2) is 11.5 Å². The van der Waals surface area contributed by atoms with E-state index in [0.717, 1.165) is 27.3 Å². The van der Waals surface area contributed by atoms with Gasteiger partial charge in [-0.3, -0.25) is 5.10 Å². The first-order chi connectivity index (χ1) is 14.3. The standard InChI is InChI=1S/C21H19BrN4O3S/c1-4-28-15-7-11(6-14(22)19(15)27)16-13(8-23)20(24)29-21-17(16)18(25-26-21)12-5-9(2)30-10(12)3/h5-7,16,27H,4,24H2,1-3H3,(H,25,26). The monoisotopic (exact) mass is 486 g/mol. The molecule has 3 heterocycles. The van der Waals surface area contributed by atoms with Gasteiger partial charge in [-0.05, 0) is 60.5 Å². The Balaban J connectivity index is 1.98. The van der Waals surface area contributed by atoms with Gasteiger partial charge in [-0.25, -0.2) is 0 Å². The Hall–Kier alpha value is -2.96. The van der Waals surface area contributed by atoms with E-state index in [2.05, 4.69) is 38.3 Å². The predicted molar refractivity (Wildman–Crippen MR) is 118 cm³/mol. The lowest BCUT2D eigenvalue weighted by Crippen LogP contribution is -2.21. The van der Waals surface area contributed by atoms with Crippen LogP contribution in [0.3, 0.4) is 0 Å². The van der Waals surface area contributed by atoms with Gasteiger partial charge in [0.05, 0.1) is 28.3 Å². The topological polar surface area (TPSA) is 117 Å². The number of hydrogen-bond donors (Lipinski definition) is 3. The highest BCUT2D eigenvalue weighted by molar-refractivity contribution is 9.10. The number of nitrogens with zero attached hydrogens (tertiary/aromatic N) is 2. The molecule has 0 fully saturated rings. The third kappa shape index (κ3) is 3.22. The summed E-state index contributed by atoms with van der Waals surface area (Å²) < 4.78 is 11.7. The number of rotatable bonds is 4. The number of aryl methyl sites for hydroxylation is 2. The summed E-state index contributed by atoms with van der Waals surface area (Å²) in [6, 6.07) is 7.74. The van der Waals surface area contributed by atoms with Crippen molar-refractivity contribution in [2.45, 2.75) is 26.7 Å². The van der Waals surface area contributed by atoms with E-state index in [9.17, 15) is 10.4 Å². The third-order valence-electron chi connectivity index (χ3n) is 4.93. The molecule has 0 bridgehead atoms. The highest BCUT2D eigenvalue weighted by Crippen LogP contribution is 2.49. The number of phenols is 1. The molecule has 4 rings (SSSR count). The van der Waals surface area contributed by atoms with Gasteiger partial charge in [-0.1, -0.05) is 0 Å². The first kappa shape index (κ1) is 20.3. The van der Waals surface area contributed by atoms with Crippen molar-refractivity contribution in [1.29, 1.82) is 5.26 Å². The Labute approximate surface area is 185 Å². The van der Waals surface area contributed by atoms with E-state index in [-0.39, 0.29) is 17.2 Å². The number of nitrogens with two attached hydrogens (primary N) is 1. The van der Waals surface area contributed by atoms with E-state index in [1.54, 1.807) is 23.5 Å². The van der Waals surface area contributed by atoms with Crippen molar-refractivity contribution in [3.05, 3.63) is 55.0 Å². The maximum Gasteiger partial charge on any atom is 0.244 e. The Morgan fingerprint density at radius 2 is 2.17 bits per heavy atom. The van der Waals surface area contributed by atoms with Gasteiger partial charge in [-0.2, -0.15) is 5.26 Å². The molecule has 1 aromatic carbocycles. The van der Waals surface area contributed by atoms with E-state index in [4.69, 9.17) is 15.2 Å². The number of allylic oxidation sites excluding steroid dienone is 1. The molecule has 9 heteroatoms. The van der Waals surface area contributed by atoms with Gasteiger partial charge < -0.3 is 20.3 Å². The number of nitriles is 1. The highest BCUT2D eigenvalue weighted by atomic mass is 79.9. The smallest absolute Gasteiger partial charge is 0.244 e. The fraction of sp³-hybridized carbons (Fsp3) is 0.238. The minimum atomic E-state index is -0.539. The van der Waals surface area contributed by atoms with Crippen LogP contribution in [0.2, 0.25) is 0 Å². The van der Waals surface area contributed by atoms with Gasteiger partial charge in [0.25, 0.3) is 0 Å². The van der Waals surface area contributed by atoms with Crippen molar-refractivity contribution in [3.8, 4) is 34.7 Å². The molecule has 1 atom stereocenters. The van der Waals surface area contributed by atoms with Crippen molar-refractivity contribution >= 4 is 27.3 Å². The first-order valence-corrected chi connectivity index (χ1v) is 10.8. The van der Waals surface area contributed by atoms with E-state index >= 15 is 0 Å². The van der Waals surface area contributed by atoms with Crippen molar-refractivity contribution in [2.24, 2.45) is 5.73 Å². The lowest BCUT2D eigenvalue weighted by Gasteiger charge is -2.25. The molecule has 3 aromatic rings. The summed E-state index contributed by atoms with van der Waals surface area (Å²) in [6.45, 7) is 6.30. The average Bonchev–Trinajstić information content (AvgIpc) is 3.26. The molecule has 0 radical (unpaired) electrons. The molecule has 0 saturated heterocycles. The van der Waals surface area contributed by atoms with E-state index in [0.29, 0.717) is 22.7 Å². The normalized spacial score (nSPS) is 15.5. The third-order valence-corrected chi connectivity index (χ3v) is 6.50. The second-order valence-corrected chi connectivity index (χ2v) is 9.17. The predicted octanol–water partition coefficient (Wildman–Crippen LogP) is 4.84. The lowest BCUT2D eigenvalue weighted by molar-refractivity contribution is 0.316. The molecule has 0 aliphatic carbocycles. The zero-order valence-corrected chi connectivity index (χ0v) is 18.9. The fourth-order valence-electron chi connectivity index (χ4n) is 3.69. The maximum atomic E-state index is 10.3. The van der Waals surface area contributed by atoms with Crippen LogP contribution in [0.1, 0.15) is 33.7 Å². The van der Waals surface area contributed by atoms with Gasteiger partial charge >= 0.3 is 0 Å². The van der Waals surface area contributed by atoms with Gasteiger partial charge in [0.1, 0.15) is 11.6 Å². The summed E-state index contributed by atoms with van der Waals surface area (Å²) in [4.78, 5) is 2.29. The number of fused-ring (bicyclic) bond motifs is 1. The van der Waals surface area contributed by atoms with E-state index < -0.39 is 5.92 Å². The van der Waals surface area contributed by atoms with Crippen molar-refractivity contribution < 1.29 is 14.6 Å². The highest BCUT2D eigenvalue weighted by Gasteiger charge is 2.36. The molecule has 30 heavy (non-hydrogen) atoms. The fourth-order valence-corrected chi connectivity index (χ4v) is 5.08. The number of ether oxygens (including phenoxy) is 2. The van der Waals surface area contributed by atoms with Crippen LogP contribution in [-0.2, 0) is 0 Å². The SMILES string of the molecule is CCOc1cc(C2C(C#N)=C(N)Oc3n[nH]c(-c4cc(C)sc4C)c32)cc(Br)c1O. The Morgan fingerprint density at radius 1 is 1.40 bits per heavy atom. The van der Waals surface area contributed by atoms with Crippen LogP contribution in [0.5, 0.6) is 17.4 Å². The van der Waals surface area contributed by atoms with Crippen LogP contribution >= 0.6 is 27.3 Å². The maximum absolute atomic E-state index is 10.3. The zero-order chi connectivity index (χ0) is 21.6. The molecule has 0 amide bonds. The number of thiophene rings is 1. The number of halogens is 1. The van der Waals surface area contributed by atoms with Crippen molar-refractivity contribution in [2.75, 3.05) is 6.61 Å². The Morgan fingerprint density at radius 3 is 2.80 bits per heavy atom. The van der Waals surface area contributed by atoms with Crippen LogP contribution < -0.4 is 15.2 Å². The summed E-state index contributed by atoms with van der Waals surface area (Å²) in [5, 5.41) is 27.6. The van der Waals surface area contributed by atoms with Gasteiger partial charge in [-0.15, -0.1) is 16.4 Å². The molecular formula is C21H19BrN4O3S. The molecule has 7 nitrogen and oxygen atoms in total. The molecule has 0 spiro atoms. The van der Waals surface area contributed by atoms with Crippen LogP contribution in [-0.4, -0.2) is 21.9 Å². The van der Waals surface area contributed by atoms with E-state index in [1.807, 2.05) is 20.8 Å². The second kappa shape index (κ2) is 7.70. The average molecular weight is 487 g/mol. The quantitative estimate of drug-likeness (QED) is 0.485. The first-order valence-electron chi connectivity index (χ1n) is 9.24. The number of H-pyrrole nitrogens is 1. The van der Waals surface area contributed by atoms with Gasteiger partial charge in [0.2, 0.25) is 11.8 Å². The van der Waals surface area contributed by atoms with Crippen LogP contribution in [0.15, 0.2) is 34.1 Å². The molecule has 1 unspecified atom stereocenters. The molecule has 154 valence electrons. The minimum Gasteiger partial charge on any atom is -0.503 e. The number of phenolic OH excluding ortho intramolecular Hbond substituents is 1. The van der Waals surface area contributed by atoms with Crippen molar-refractivity contribution in [3.63, 3.8) is 0 Å². The summed E-state index contributed by atoms with van der Waals surface area (Å²) in [7, 11) is 0. The number of hydrogen-bond acceptors (Lipinski definition) is 7. The van der Waals surface area contributed by atoms with Crippen molar-refractivity contribution in [1.82, 2.24) is 10.2 Å². The van der Waals surface area contributed by atoms with Gasteiger partial charge in [0, 0.05) is 15.3 Å². The molecule has 2 aromatic heterocycles. The van der Waals surface area contributed by atoms with Crippen LogP contribution in [0.25, 0.3) is 11.3 Å². The second-order valence-electron chi connectivity index (χ2n) is 6.85.